The second-order valence-electron chi connectivity index (χ2n) is 3.01. The van der Waals surface area contributed by atoms with Gasteiger partial charge in [-0.05, 0) is 17.2 Å². The molecule has 1 unspecified atom stereocenters. The average Bonchev–Trinajstić information content (AvgIpc) is 2.45. The summed E-state index contributed by atoms with van der Waals surface area (Å²) in [6, 6.07) is 6.97. The molecule has 66 valence electrons. The van der Waals surface area contributed by atoms with Crippen molar-refractivity contribution in [3.05, 3.63) is 41.0 Å². The number of hydrogen-bond donors (Lipinski definition) is 2. The van der Waals surface area contributed by atoms with Crippen LogP contribution in [0.3, 0.4) is 0 Å². The highest BCUT2D eigenvalue weighted by molar-refractivity contribution is 5.96. The van der Waals surface area contributed by atoms with Crippen molar-refractivity contribution >= 4 is 12.0 Å². The summed E-state index contributed by atoms with van der Waals surface area (Å²) in [5.41, 5.74) is 7.81. The normalized spacial score (nSPS) is 19.5. The zero-order valence-corrected chi connectivity index (χ0v) is 6.90. The first kappa shape index (κ1) is 8.01. The molecule has 0 aromatic heterocycles. The van der Waals surface area contributed by atoms with Gasteiger partial charge >= 0.3 is 5.97 Å². The quantitative estimate of drug-likeness (QED) is 0.673. The second-order valence-corrected chi connectivity index (χ2v) is 3.01. The van der Waals surface area contributed by atoms with Crippen LogP contribution in [-0.4, -0.2) is 11.1 Å². The van der Waals surface area contributed by atoms with Crippen molar-refractivity contribution in [2.45, 2.75) is 6.04 Å². The lowest BCUT2D eigenvalue weighted by atomic mass is 10.1. The molecule has 1 atom stereocenters. The first-order valence-corrected chi connectivity index (χ1v) is 3.99. The van der Waals surface area contributed by atoms with E-state index in [4.69, 9.17) is 10.8 Å². The van der Waals surface area contributed by atoms with Crippen molar-refractivity contribution in [3.63, 3.8) is 0 Å². The number of benzene rings is 1. The maximum atomic E-state index is 10.7. The zero-order valence-electron chi connectivity index (χ0n) is 6.90. The minimum Gasteiger partial charge on any atom is -0.478 e. The van der Waals surface area contributed by atoms with Gasteiger partial charge in [0.2, 0.25) is 0 Å². The summed E-state index contributed by atoms with van der Waals surface area (Å²) in [7, 11) is 0. The lowest BCUT2D eigenvalue weighted by Crippen LogP contribution is -2.15. The third-order valence-corrected chi connectivity index (χ3v) is 2.22. The predicted octanol–water partition coefficient (Wildman–Crippen LogP) is 1.17. The van der Waals surface area contributed by atoms with Gasteiger partial charge in [-0.15, -0.1) is 0 Å². The molecular weight excluding hydrogens is 166 g/mol. The lowest BCUT2D eigenvalue weighted by Gasteiger charge is -2.06. The van der Waals surface area contributed by atoms with E-state index in [0.29, 0.717) is 0 Å². The van der Waals surface area contributed by atoms with Crippen LogP contribution in [0.1, 0.15) is 17.2 Å². The molecule has 0 heterocycles. The summed E-state index contributed by atoms with van der Waals surface area (Å²) in [5, 5.41) is 8.81. The van der Waals surface area contributed by atoms with Gasteiger partial charge in [-0.3, -0.25) is 0 Å². The van der Waals surface area contributed by atoms with Crippen molar-refractivity contribution in [1.82, 2.24) is 0 Å². The molecule has 3 N–H and O–H groups in total. The summed E-state index contributed by atoms with van der Waals surface area (Å²) >= 11 is 0. The van der Waals surface area contributed by atoms with Gasteiger partial charge in [0, 0.05) is 0 Å². The van der Waals surface area contributed by atoms with E-state index >= 15 is 0 Å². The largest absolute Gasteiger partial charge is 0.478 e. The van der Waals surface area contributed by atoms with E-state index in [1.807, 2.05) is 24.3 Å². The Morgan fingerprint density at radius 1 is 1.38 bits per heavy atom. The number of carbonyl (C=O) groups is 1. The summed E-state index contributed by atoms with van der Waals surface area (Å²) in [5.74, 6) is -0.941. The van der Waals surface area contributed by atoms with Crippen LogP contribution in [0.25, 0.3) is 6.08 Å². The van der Waals surface area contributed by atoms with E-state index in [-0.39, 0.29) is 5.57 Å². The van der Waals surface area contributed by atoms with E-state index < -0.39 is 12.0 Å². The van der Waals surface area contributed by atoms with Crippen molar-refractivity contribution in [2.24, 2.45) is 5.73 Å². The number of carboxylic acids is 1. The molecule has 13 heavy (non-hydrogen) atoms. The topological polar surface area (TPSA) is 63.3 Å². The van der Waals surface area contributed by atoms with E-state index in [1.165, 1.54) is 0 Å². The minimum atomic E-state index is -0.941. The Bertz CT molecular complexity index is 396. The van der Waals surface area contributed by atoms with Crippen LogP contribution < -0.4 is 5.73 Å². The van der Waals surface area contributed by atoms with Gasteiger partial charge in [-0.2, -0.15) is 0 Å². The van der Waals surface area contributed by atoms with Crippen molar-refractivity contribution in [3.8, 4) is 0 Å². The number of carboxylic acid groups (broad SMARTS) is 1. The highest BCUT2D eigenvalue weighted by atomic mass is 16.4. The van der Waals surface area contributed by atoms with Crippen LogP contribution >= 0.6 is 0 Å². The van der Waals surface area contributed by atoms with Crippen LogP contribution in [-0.2, 0) is 4.79 Å². The molecule has 0 fully saturated rings. The molecule has 1 aromatic rings. The number of hydrogen-bond acceptors (Lipinski definition) is 2. The molecule has 0 saturated carbocycles. The third kappa shape index (κ3) is 1.13. The molecule has 1 aliphatic rings. The molecular formula is C10H9NO2. The van der Waals surface area contributed by atoms with Gasteiger partial charge in [0.1, 0.15) is 0 Å². The van der Waals surface area contributed by atoms with E-state index in [2.05, 4.69) is 0 Å². The van der Waals surface area contributed by atoms with E-state index in [9.17, 15) is 4.79 Å². The summed E-state index contributed by atoms with van der Waals surface area (Å²) in [4.78, 5) is 10.7. The predicted molar refractivity (Wildman–Crippen MR) is 49.0 cm³/mol. The van der Waals surface area contributed by atoms with Gasteiger partial charge in [0.15, 0.2) is 0 Å². The van der Waals surface area contributed by atoms with Crippen LogP contribution in [0.15, 0.2) is 29.8 Å². The second kappa shape index (κ2) is 2.71. The Kier molecular flexibility index (Phi) is 1.67. The number of aliphatic carboxylic acids is 1. The number of fused-ring (bicyclic) bond motifs is 1. The van der Waals surface area contributed by atoms with Crippen LogP contribution in [0.4, 0.5) is 0 Å². The molecule has 0 amide bonds. The molecule has 0 saturated heterocycles. The standard InChI is InChI=1S/C10H9NO2/c11-9-7-4-2-1-3-6(7)5-8(9)10(12)13/h1-5,9H,11H2,(H,12,13). The molecule has 1 aliphatic carbocycles. The molecule has 3 heteroatoms. The first-order valence-electron chi connectivity index (χ1n) is 3.99. The van der Waals surface area contributed by atoms with Crippen LogP contribution in [0, 0.1) is 0 Å². The number of nitrogens with two attached hydrogens (primary N) is 1. The highest BCUT2D eigenvalue weighted by Gasteiger charge is 2.25. The Labute approximate surface area is 75.5 Å². The van der Waals surface area contributed by atoms with Crippen LogP contribution in [0.2, 0.25) is 0 Å². The molecule has 2 rings (SSSR count). The van der Waals surface area contributed by atoms with Gasteiger partial charge in [-0.25, -0.2) is 4.79 Å². The highest BCUT2D eigenvalue weighted by Crippen LogP contribution is 2.31. The minimum absolute atomic E-state index is 0.265. The van der Waals surface area contributed by atoms with Crippen LogP contribution in [0.5, 0.6) is 0 Å². The molecule has 0 spiro atoms. The average molecular weight is 175 g/mol. The Balaban J connectivity index is 2.50. The van der Waals surface area contributed by atoms with Crippen molar-refractivity contribution in [2.75, 3.05) is 0 Å². The van der Waals surface area contributed by atoms with E-state index in [1.54, 1.807) is 6.08 Å². The molecule has 0 bridgehead atoms. The van der Waals surface area contributed by atoms with Gasteiger partial charge < -0.3 is 10.8 Å². The van der Waals surface area contributed by atoms with Gasteiger partial charge in [0.05, 0.1) is 11.6 Å². The fraction of sp³-hybridized carbons (Fsp3) is 0.100. The Hall–Kier alpha value is -1.61. The summed E-state index contributed by atoms with van der Waals surface area (Å²) in [6.45, 7) is 0. The maximum absolute atomic E-state index is 10.7. The zero-order chi connectivity index (χ0) is 9.42. The Morgan fingerprint density at radius 3 is 2.69 bits per heavy atom. The maximum Gasteiger partial charge on any atom is 0.333 e. The third-order valence-electron chi connectivity index (χ3n) is 2.22. The van der Waals surface area contributed by atoms with Crippen molar-refractivity contribution < 1.29 is 9.90 Å². The van der Waals surface area contributed by atoms with E-state index in [0.717, 1.165) is 11.1 Å². The fourth-order valence-electron chi connectivity index (χ4n) is 1.55. The molecule has 1 aromatic carbocycles. The van der Waals surface area contributed by atoms with Gasteiger partial charge in [0.25, 0.3) is 0 Å². The fourth-order valence-corrected chi connectivity index (χ4v) is 1.55. The molecule has 0 aliphatic heterocycles. The lowest BCUT2D eigenvalue weighted by molar-refractivity contribution is -0.132. The smallest absolute Gasteiger partial charge is 0.333 e. The summed E-state index contributed by atoms with van der Waals surface area (Å²) in [6.07, 6.45) is 1.63. The summed E-state index contributed by atoms with van der Waals surface area (Å²) < 4.78 is 0. The Morgan fingerprint density at radius 2 is 2.08 bits per heavy atom. The molecule has 0 radical (unpaired) electrons. The van der Waals surface area contributed by atoms with Crippen molar-refractivity contribution in [1.29, 1.82) is 0 Å². The molecule has 3 nitrogen and oxygen atoms in total. The number of rotatable bonds is 1. The monoisotopic (exact) mass is 175 g/mol. The van der Waals surface area contributed by atoms with Gasteiger partial charge in [-0.1, -0.05) is 24.3 Å². The SMILES string of the molecule is NC1C(C(=O)O)=Cc2ccccc21. The first-order chi connectivity index (χ1) is 6.20.